The Morgan fingerprint density at radius 1 is 1.23 bits per heavy atom. The molecular formula is C23H24N4O2S. The number of hydrogen-bond donors (Lipinski definition) is 1. The van der Waals surface area contributed by atoms with Gasteiger partial charge in [0.2, 0.25) is 5.91 Å². The summed E-state index contributed by atoms with van der Waals surface area (Å²) < 4.78 is 0. The van der Waals surface area contributed by atoms with Gasteiger partial charge in [-0.25, -0.2) is 9.89 Å². The first-order valence-corrected chi connectivity index (χ1v) is 11.0. The minimum atomic E-state index is -0.436. The summed E-state index contributed by atoms with van der Waals surface area (Å²) in [6, 6.07) is 15.0. The minimum absolute atomic E-state index is 0.0705. The van der Waals surface area contributed by atoms with Crippen molar-refractivity contribution in [1.82, 2.24) is 4.90 Å². The molecule has 7 heteroatoms. The molecule has 2 aromatic rings. The molecule has 0 saturated heterocycles. The third-order valence-corrected chi connectivity index (χ3v) is 6.10. The maximum Gasteiger partial charge on any atom is 0.259 e. The van der Waals surface area contributed by atoms with Crippen LogP contribution in [0.5, 0.6) is 0 Å². The minimum Gasteiger partial charge on any atom is -0.325 e. The number of nitrogens with zero attached hydrogens (tertiary/aromatic N) is 3. The fraction of sp³-hybridized carbons (Fsp3) is 0.304. The second-order valence-corrected chi connectivity index (χ2v) is 8.77. The lowest BCUT2D eigenvalue weighted by Crippen LogP contribution is -2.42. The van der Waals surface area contributed by atoms with Gasteiger partial charge in [0.25, 0.3) is 5.91 Å². The van der Waals surface area contributed by atoms with Crippen LogP contribution in [0.15, 0.2) is 58.5 Å². The average Bonchev–Trinajstić information content (AvgIpc) is 3.05. The fourth-order valence-electron chi connectivity index (χ4n) is 3.52. The SMILES string of the molecule is CCC[C@H]1N=C2c3ccccc3N=C(S[C@@H](C)C(=O)Nc3cccc(C)c3)N2C1=O. The zero-order valence-electron chi connectivity index (χ0n) is 17.3. The van der Waals surface area contributed by atoms with Crippen LogP contribution in [0.3, 0.4) is 0 Å². The van der Waals surface area contributed by atoms with Crippen LogP contribution in [0, 0.1) is 6.92 Å². The molecular weight excluding hydrogens is 396 g/mol. The van der Waals surface area contributed by atoms with Gasteiger partial charge in [0.15, 0.2) is 5.17 Å². The molecule has 0 radical (unpaired) electrons. The number of amides is 2. The van der Waals surface area contributed by atoms with Crippen LogP contribution >= 0.6 is 11.8 Å². The molecule has 2 heterocycles. The zero-order valence-corrected chi connectivity index (χ0v) is 18.1. The van der Waals surface area contributed by atoms with Crippen molar-refractivity contribution in [3.05, 3.63) is 59.7 Å². The number of carbonyl (C=O) groups excluding carboxylic acids is 2. The summed E-state index contributed by atoms with van der Waals surface area (Å²) in [6.45, 7) is 5.84. The van der Waals surface area contributed by atoms with Gasteiger partial charge in [-0.1, -0.05) is 49.4 Å². The van der Waals surface area contributed by atoms with Gasteiger partial charge in [-0.2, -0.15) is 0 Å². The molecule has 0 aromatic heterocycles. The lowest BCUT2D eigenvalue weighted by atomic mass is 10.1. The number of amidine groups is 2. The maximum atomic E-state index is 13.0. The molecule has 0 aliphatic carbocycles. The van der Waals surface area contributed by atoms with Gasteiger partial charge >= 0.3 is 0 Å². The van der Waals surface area contributed by atoms with Crippen LogP contribution in [0.1, 0.15) is 37.8 Å². The molecule has 6 nitrogen and oxygen atoms in total. The second kappa shape index (κ2) is 8.44. The van der Waals surface area contributed by atoms with E-state index in [1.54, 1.807) is 4.90 Å². The molecule has 2 aliphatic heterocycles. The van der Waals surface area contributed by atoms with Crippen LogP contribution in [0.2, 0.25) is 0 Å². The predicted molar refractivity (Wildman–Crippen MR) is 122 cm³/mol. The molecule has 0 saturated carbocycles. The van der Waals surface area contributed by atoms with Crippen molar-refractivity contribution in [3.63, 3.8) is 0 Å². The molecule has 0 spiro atoms. The topological polar surface area (TPSA) is 74.1 Å². The number of fused-ring (bicyclic) bond motifs is 3. The molecule has 0 unspecified atom stereocenters. The Morgan fingerprint density at radius 2 is 2.03 bits per heavy atom. The molecule has 1 N–H and O–H groups in total. The first-order chi connectivity index (χ1) is 14.5. The lowest BCUT2D eigenvalue weighted by Gasteiger charge is -2.26. The Morgan fingerprint density at radius 3 is 2.80 bits per heavy atom. The summed E-state index contributed by atoms with van der Waals surface area (Å²) in [6.07, 6.45) is 1.57. The number of carbonyl (C=O) groups is 2. The van der Waals surface area contributed by atoms with E-state index in [9.17, 15) is 9.59 Å². The Hall–Kier alpha value is -2.93. The van der Waals surface area contributed by atoms with Gasteiger partial charge in [-0.15, -0.1) is 0 Å². The van der Waals surface area contributed by atoms with Crippen molar-refractivity contribution in [3.8, 4) is 0 Å². The number of anilines is 1. The number of aliphatic imine (C=N–C) groups is 2. The number of benzene rings is 2. The summed E-state index contributed by atoms with van der Waals surface area (Å²) in [5.74, 6) is 0.430. The quantitative estimate of drug-likeness (QED) is 0.773. The number of aryl methyl sites for hydroxylation is 1. The van der Waals surface area contributed by atoms with Gasteiger partial charge in [0.1, 0.15) is 11.9 Å². The Kier molecular flexibility index (Phi) is 5.72. The van der Waals surface area contributed by atoms with Crippen LogP contribution in [-0.4, -0.2) is 39.0 Å². The molecule has 0 bridgehead atoms. The fourth-order valence-corrected chi connectivity index (χ4v) is 4.44. The summed E-state index contributed by atoms with van der Waals surface area (Å²) in [4.78, 5) is 36.8. The molecule has 30 heavy (non-hydrogen) atoms. The standard InChI is InChI=1S/C23H24N4O2S/c1-4-8-19-22(29)27-20(25-19)17-11-5-6-12-18(17)26-23(27)30-15(3)21(28)24-16-10-7-9-14(2)13-16/h5-7,9-13,15,19H,4,8H2,1-3H3,(H,24,28)/t15-,19+/m0/s1. The van der Waals surface area contributed by atoms with Crippen molar-refractivity contribution in [1.29, 1.82) is 0 Å². The number of para-hydroxylation sites is 1. The zero-order chi connectivity index (χ0) is 21.3. The van der Waals surface area contributed by atoms with E-state index in [1.807, 2.05) is 69.3 Å². The van der Waals surface area contributed by atoms with Crippen LogP contribution in [-0.2, 0) is 9.59 Å². The largest absolute Gasteiger partial charge is 0.325 e. The number of thioether (sulfide) groups is 1. The van der Waals surface area contributed by atoms with Crippen molar-refractivity contribution in [2.75, 3.05) is 5.32 Å². The van der Waals surface area contributed by atoms with Gasteiger partial charge in [0.05, 0.1) is 10.9 Å². The third kappa shape index (κ3) is 3.89. The molecule has 2 aliphatic rings. The van der Waals surface area contributed by atoms with E-state index < -0.39 is 11.3 Å². The van der Waals surface area contributed by atoms with Crippen molar-refractivity contribution >= 4 is 46.0 Å². The average molecular weight is 421 g/mol. The highest BCUT2D eigenvalue weighted by Gasteiger charge is 2.41. The number of hydrogen-bond acceptors (Lipinski definition) is 5. The van der Waals surface area contributed by atoms with Gasteiger partial charge in [0, 0.05) is 11.3 Å². The second-order valence-electron chi connectivity index (χ2n) is 7.46. The van der Waals surface area contributed by atoms with E-state index in [4.69, 9.17) is 9.98 Å². The Labute approximate surface area is 180 Å². The smallest absolute Gasteiger partial charge is 0.259 e. The number of rotatable bonds is 5. The highest BCUT2D eigenvalue weighted by Crippen LogP contribution is 2.35. The van der Waals surface area contributed by atoms with Gasteiger partial charge in [-0.3, -0.25) is 14.6 Å². The molecule has 154 valence electrons. The van der Waals surface area contributed by atoms with E-state index >= 15 is 0 Å². The van der Waals surface area contributed by atoms with Gasteiger partial charge in [-0.05, 0) is 50.1 Å². The molecule has 2 aromatic carbocycles. The monoisotopic (exact) mass is 420 g/mol. The Balaban J connectivity index is 1.58. The predicted octanol–water partition coefficient (Wildman–Crippen LogP) is 4.51. The maximum absolute atomic E-state index is 13.0. The summed E-state index contributed by atoms with van der Waals surface area (Å²) in [5, 5.41) is 3.01. The van der Waals surface area contributed by atoms with Crippen molar-refractivity contribution in [2.24, 2.45) is 9.98 Å². The van der Waals surface area contributed by atoms with Gasteiger partial charge < -0.3 is 5.32 Å². The number of nitrogens with one attached hydrogen (secondary N) is 1. The van der Waals surface area contributed by atoms with E-state index in [1.165, 1.54) is 11.8 Å². The van der Waals surface area contributed by atoms with E-state index in [0.717, 1.165) is 28.9 Å². The summed E-state index contributed by atoms with van der Waals surface area (Å²) in [7, 11) is 0. The van der Waals surface area contributed by atoms with Crippen molar-refractivity contribution < 1.29 is 9.59 Å². The molecule has 2 atom stereocenters. The summed E-state index contributed by atoms with van der Waals surface area (Å²) >= 11 is 1.28. The highest BCUT2D eigenvalue weighted by molar-refractivity contribution is 8.15. The first-order valence-electron chi connectivity index (χ1n) is 10.1. The lowest BCUT2D eigenvalue weighted by molar-refractivity contribution is -0.124. The Bertz CT molecular complexity index is 1060. The first kappa shape index (κ1) is 20.3. The van der Waals surface area contributed by atoms with Crippen LogP contribution in [0.25, 0.3) is 0 Å². The highest BCUT2D eigenvalue weighted by atomic mass is 32.2. The van der Waals surface area contributed by atoms with Crippen LogP contribution < -0.4 is 5.32 Å². The van der Waals surface area contributed by atoms with Crippen LogP contribution in [0.4, 0.5) is 11.4 Å². The van der Waals surface area contributed by atoms with E-state index in [-0.39, 0.29) is 11.8 Å². The molecule has 0 fully saturated rings. The van der Waals surface area contributed by atoms with Crippen molar-refractivity contribution in [2.45, 2.75) is 44.9 Å². The summed E-state index contributed by atoms with van der Waals surface area (Å²) in [5.41, 5.74) is 3.45. The third-order valence-electron chi connectivity index (χ3n) is 5.05. The van der Waals surface area contributed by atoms with E-state index in [0.29, 0.717) is 17.4 Å². The molecule has 4 rings (SSSR count). The molecule has 2 amide bonds. The normalized spacial score (nSPS) is 18.3. The van der Waals surface area contributed by atoms with E-state index in [2.05, 4.69) is 5.32 Å².